The number of carbonyl (C=O) groups excluding carboxylic acids is 1. The minimum atomic E-state index is 0.0190. The standard InChI is InChI=1S/C17H21ClN6O/c18-14-8-12(17(25)23-6-2-1-3-7-23)9-19-16(14)22-13-4-5-15-20-11-21-24(15)10-13/h8-9,11,13H,1-7,10H2,(H,19,22). The number of anilines is 1. The third-order valence-corrected chi connectivity index (χ3v) is 5.17. The number of aryl methyl sites for hydroxylation is 1. The van der Waals surface area contributed by atoms with Crippen molar-refractivity contribution in [1.29, 1.82) is 0 Å². The molecule has 4 heterocycles. The molecule has 1 unspecified atom stereocenters. The number of halogens is 1. The molecule has 1 N–H and O–H groups in total. The van der Waals surface area contributed by atoms with Gasteiger partial charge in [0.15, 0.2) is 0 Å². The molecule has 25 heavy (non-hydrogen) atoms. The SMILES string of the molecule is O=C(c1cnc(NC2CCc3ncnn3C2)c(Cl)c1)N1CCCCC1. The number of fused-ring (bicyclic) bond motifs is 1. The monoisotopic (exact) mass is 360 g/mol. The van der Waals surface area contributed by atoms with Crippen molar-refractivity contribution in [3.05, 3.63) is 35.0 Å². The van der Waals surface area contributed by atoms with Gasteiger partial charge in [0.1, 0.15) is 18.0 Å². The Balaban J connectivity index is 1.44. The van der Waals surface area contributed by atoms with E-state index in [2.05, 4.69) is 20.4 Å². The molecule has 4 rings (SSSR count). The molecule has 0 radical (unpaired) electrons. The van der Waals surface area contributed by atoms with Gasteiger partial charge >= 0.3 is 0 Å². The number of hydrogen-bond donors (Lipinski definition) is 1. The Labute approximate surface area is 151 Å². The highest BCUT2D eigenvalue weighted by Gasteiger charge is 2.22. The van der Waals surface area contributed by atoms with Crippen molar-refractivity contribution in [3.8, 4) is 0 Å². The van der Waals surface area contributed by atoms with E-state index < -0.39 is 0 Å². The Bertz CT molecular complexity index is 770. The predicted molar refractivity (Wildman–Crippen MR) is 94.8 cm³/mol. The van der Waals surface area contributed by atoms with E-state index in [4.69, 9.17) is 11.6 Å². The zero-order valence-corrected chi connectivity index (χ0v) is 14.7. The summed E-state index contributed by atoms with van der Waals surface area (Å²) in [5, 5.41) is 8.07. The second-order valence-corrected chi connectivity index (χ2v) is 7.05. The van der Waals surface area contributed by atoms with Gasteiger partial charge in [0, 0.05) is 31.7 Å². The molecule has 1 fully saturated rings. The zero-order chi connectivity index (χ0) is 17.2. The summed E-state index contributed by atoms with van der Waals surface area (Å²) in [5.74, 6) is 1.65. The highest BCUT2D eigenvalue weighted by molar-refractivity contribution is 6.33. The second-order valence-electron chi connectivity index (χ2n) is 6.65. The van der Waals surface area contributed by atoms with Crippen molar-refractivity contribution in [3.63, 3.8) is 0 Å². The van der Waals surface area contributed by atoms with Crippen LogP contribution in [0.5, 0.6) is 0 Å². The Morgan fingerprint density at radius 3 is 2.88 bits per heavy atom. The minimum Gasteiger partial charge on any atom is -0.364 e. The largest absolute Gasteiger partial charge is 0.364 e. The summed E-state index contributed by atoms with van der Waals surface area (Å²) >= 11 is 6.38. The van der Waals surface area contributed by atoms with Gasteiger partial charge in [0.2, 0.25) is 0 Å². The van der Waals surface area contributed by atoms with Crippen LogP contribution in [-0.2, 0) is 13.0 Å². The van der Waals surface area contributed by atoms with E-state index in [0.29, 0.717) is 16.4 Å². The summed E-state index contributed by atoms with van der Waals surface area (Å²) in [5.41, 5.74) is 0.555. The molecule has 2 aliphatic heterocycles. The van der Waals surface area contributed by atoms with Crippen LogP contribution in [0.1, 0.15) is 41.9 Å². The van der Waals surface area contributed by atoms with Crippen LogP contribution in [0.25, 0.3) is 0 Å². The molecule has 2 aromatic rings. The van der Waals surface area contributed by atoms with Crippen molar-refractivity contribution >= 4 is 23.3 Å². The average Bonchev–Trinajstić information content (AvgIpc) is 3.11. The molecule has 1 amide bonds. The number of carbonyl (C=O) groups is 1. The summed E-state index contributed by atoms with van der Waals surface area (Å²) in [7, 11) is 0. The maximum absolute atomic E-state index is 12.5. The molecule has 7 nitrogen and oxygen atoms in total. The van der Waals surface area contributed by atoms with E-state index in [9.17, 15) is 4.79 Å². The molecule has 0 aromatic carbocycles. The lowest BCUT2D eigenvalue weighted by molar-refractivity contribution is 0.0724. The number of likely N-dealkylation sites (tertiary alicyclic amines) is 1. The molecule has 1 saturated heterocycles. The fourth-order valence-electron chi connectivity index (χ4n) is 3.49. The second kappa shape index (κ2) is 7.00. The molecule has 132 valence electrons. The van der Waals surface area contributed by atoms with Gasteiger partial charge in [-0.2, -0.15) is 5.10 Å². The van der Waals surface area contributed by atoms with Crippen LogP contribution in [0.3, 0.4) is 0 Å². The van der Waals surface area contributed by atoms with Gasteiger partial charge in [0.25, 0.3) is 5.91 Å². The van der Waals surface area contributed by atoms with E-state index >= 15 is 0 Å². The molecule has 0 aliphatic carbocycles. The minimum absolute atomic E-state index is 0.0190. The number of hydrogen-bond acceptors (Lipinski definition) is 5. The molecule has 0 spiro atoms. The van der Waals surface area contributed by atoms with Gasteiger partial charge in [0.05, 0.1) is 17.1 Å². The van der Waals surface area contributed by atoms with Gasteiger partial charge in [-0.25, -0.2) is 14.6 Å². The topological polar surface area (TPSA) is 75.9 Å². The highest BCUT2D eigenvalue weighted by atomic mass is 35.5. The first kappa shape index (κ1) is 16.3. The first-order valence-electron chi connectivity index (χ1n) is 8.79. The fourth-order valence-corrected chi connectivity index (χ4v) is 3.71. The van der Waals surface area contributed by atoms with Gasteiger partial charge < -0.3 is 10.2 Å². The van der Waals surface area contributed by atoms with E-state index in [0.717, 1.165) is 51.1 Å². The maximum atomic E-state index is 12.5. The number of pyridine rings is 1. The van der Waals surface area contributed by atoms with Gasteiger partial charge in [-0.15, -0.1) is 0 Å². The summed E-state index contributed by atoms with van der Waals surface area (Å²) in [4.78, 5) is 23.1. The van der Waals surface area contributed by atoms with Crippen LogP contribution in [0.2, 0.25) is 5.02 Å². The number of rotatable bonds is 3. The van der Waals surface area contributed by atoms with Gasteiger partial charge in [-0.3, -0.25) is 4.79 Å². The summed E-state index contributed by atoms with van der Waals surface area (Å²) in [6.07, 6.45) is 8.36. The van der Waals surface area contributed by atoms with Crippen molar-refractivity contribution in [2.24, 2.45) is 0 Å². The number of piperidine rings is 1. The molecular weight excluding hydrogens is 340 g/mol. The van der Waals surface area contributed by atoms with Crippen LogP contribution in [0, 0.1) is 0 Å². The van der Waals surface area contributed by atoms with E-state index in [1.54, 1.807) is 18.6 Å². The third-order valence-electron chi connectivity index (χ3n) is 4.88. The molecule has 0 saturated carbocycles. The number of aromatic nitrogens is 4. The summed E-state index contributed by atoms with van der Waals surface area (Å²) in [6, 6.07) is 1.92. The average molecular weight is 361 g/mol. The fraction of sp³-hybridized carbons (Fsp3) is 0.529. The Kier molecular flexibility index (Phi) is 4.57. The van der Waals surface area contributed by atoms with Crippen molar-refractivity contribution in [2.75, 3.05) is 18.4 Å². The lowest BCUT2D eigenvalue weighted by Crippen LogP contribution is -2.35. The number of amides is 1. The molecule has 2 aromatic heterocycles. The van der Waals surface area contributed by atoms with Crippen LogP contribution in [0.15, 0.2) is 18.6 Å². The Morgan fingerprint density at radius 1 is 1.24 bits per heavy atom. The molecule has 1 atom stereocenters. The number of nitrogens with one attached hydrogen (secondary N) is 1. The molecular formula is C17H21ClN6O. The van der Waals surface area contributed by atoms with Gasteiger partial charge in [-0.1, -0.05) is 11.6 Å². The van der Waals surface area contributed by atoms with E-state index in [-0.39, 0.29) is 11.9 Å². The number of nitrogens with zero attached hydrogens (tertiary/aromatic N) is 5. The quantitative estimate of drug-likeness (QED) is 0.909. The normalized spacial score (nSPS) is 20.2. The van der Waals surface area contributed by atoms with Crippen LogP contribution in [0.4, 0.5) is 5.82 Å². The van der Waals surface area contributed by atoms with E-state index in [1.165, 1.54) is 6.42 Å². The van der Waals surface area contributed by atoms with Crippen LogP contribution < -0.4 is 5.32 Å². The molecule has 8 heteroatoms. The van der Waals surface area contributed by atoms with E-state index in [1.807, 2.05) is 9.58 Å². The van der Waals surface area contributed by atoms with Gasteiger partial charge in [-0.05, 0) is 31.7 Å². The predicted octanol–water partition coefficient (Wildman–Crippen LogP) is 2.38. The lowest BCUT2D eigenvalue weighted by Gasteiger charge is -2.27. The highest BCUT2D eigenvalue weighted by Crippen LogP contribution is 2.24. The zero-order valence-electron chi connectivity index (χ0n) is 14.0. The first-order valence-corrected chi connectivity index (χ1v) is 9.16. The smallest absolute Gasteiger partial charge is 0.255 e. The maximum Gasteiger partial charge on any atom is 0.255 e. The summed E-state index contributed by atoms with van der Waals surface area (Å²) < 4.78 is 1.91. The Hall–Kier alpha value is -2.15. The van der Waals surface area contributed by atoms with Crippen molar-refractivity contribution < 1.29 is 4.79 Å². The Morgan fingerprint density at radius 2 is 2.08 bits per heavy atom. The van der Waals surface area contributed by atoms with Crippen molar-refractivity contribution in [1.82, 2.24) is 24.6 Å². The first-order chi connectivity index (χ1) is 12.2. The molecule has 2 aliphatic rings. The summed E-state index contributed by atoms with van der Waals surface area (Å²) in [6.45, 7) is 2.37. The lowest BCUT2D eigenvalue weighted by atomic mass is 10.1. The van der Waals surface area contributed by atoms with Crippen LogP contribution in [-0.4, -0.2) is 49.7 Å². The third kappa shape index (κ3) is 3.46. The van der Waals surface area contributed by atoms with Crippen molar-refractivity contribution in [2.45, 2.75) is 44.7 Å². The molecule has 0 bridgehead atoms. The van der Waals surface area contributed by atoms with Crippen LogP contribution >= 0.6 is 11.6 Å².